The second-order valence-electron chi connectivity index (χ2n) is 4.74. The molecule has 0 amide bonds. The van der Waals surface area contributed by atoms with Gasteiger partial charge in [0.15, 0.2) is 0 Å². The number of nitrogens with zero attached hydrogens (tertiary/aromatic N) is 1. The maximum atomic E-state index is 14.2. The van der Waals surface area contributed by atoms with Crippen molar-refractivity contribution in [1.82, 2.24) is 10.2 Å². The summed E-state index contributed by atoms with van der Waals surface area (Å²) in [6.07, 6.45) is 0. The molecule has 3 nitrogen and oxygen atoms in total. The fraction of sp³-hybridized carbons (Fsp3) is 0.538. The molecular formula is C13H17Cl3F2N2O. The van der Waals surface area contributed by atoms with E-state index in [2.05, 4.69) is 5.32 Å². The third-order valence-electron chi connectivity index (χ3n) is 3.40. The van der Waals surface area contributed by atoms with Crippen LogP contribution in [-0.2, 0) is 0 Å². The van der Waals surface area contributed by atoms with Gasteiger partial charge in [-0.15, -0.1) is 12.4 Å². The molecule has 120 valence electrons. The number of alkyl halides is 2. The van der Waals surface area contributed by atoms with Crippen molar-refractivity contribution in [2.45, 2.75) is 12.0 Å². The third kappa shape index (κ3) is 4.18. The molecule has 1 aliphatic rings. The Morgan fingerprint density at radius 2 is 1.76 bits per heavy atom. The number of nitrogens with one attached hydrogen (secondary N) is 1. The molecule has 0 aromatic heterocycles. The molecule has 0 saturated carbocycles. The summed E-state index contributed by atoms with van der Waals surface area (Å²) < 4.78 is 28.4. The lowest BCUT2D eigenvalue weighted by Gasteiger charge is -2.39. The zero-order valence-electron chi connectivity index (χ0n) is 11.2. The Labute approximate surface area is 138 Å². The van der Waals surface area contributed by atoms with E-state index in [4.69, 9.17) is 28.3 Å². The molecule has 0 bridgehead atoms. The molecule has 1 saturated heterocycles. The van der Waals surface area contributed by atoms with E-state index in [1.807, 2.05) is 0 Å². The summed E-state index contributed by atoms with van der Waals surface area (Å²) in [4.78, 5) is 1.61. The first kappa shape index (κ1) is 18.9. The normalized spacial score (nSPS) is 18.1. The number of aliphatic hydroxyl groups excluding tert-OH is 1. The van der Waals surface area contributed by atoms with Crippen molar-refractivity contribution in [3.63, 3.8) is 0 Å². The van der Waals surface area contributed by atoms with Crippen LogP contribution in [0, 0.1) is 0 Å². The first-order valence-corrected chi connectivity index (χ1v) is 7.10. The van der Waals surface area contributed by atoms with Gasteiger partial charge in [-0.3, -0.25) is 4.90 Å². The van der Waals surface area contributed by atoms with Gasteiger partial charge in [-0.25, -0.2) is 8.78 Å². The van der Waals surface area contributed by atoms with Crippen LogP contribution in [0.4, 0.5) is 8.78 Å². The van der Waals surface area contributed by atoms with Crippen LogP contribution in [-0.4, -0.2) is 48.7 Å². The molecule has 0 spiro atoms. The van der Waals surface area contributed by atoms with Gasteiger partial charge < -0.3 is 10.4 Å². The quantitative estimate of drug-likeness (QED) is 0.865. The van der Waals surface area contributed by atoms with Crippen molar-refractivity contribution in [3.05, 3.63) is 33.8 Å². The maximum Gasteiger partial charge on any atom is 0.290 e. The Balaban J connectivity index is 0.00000220. The van der Waals surface area contributed by atoms with Crippen LogP contribution in [0.2, 0.25) is 10.0 Å². The zero-order valence-corrected chi connectivity index (χ0v) is 13.5. The van der Waals surface area contributed by atoms with Crippen molar-refractivity contribution in [2.75, 3.05) is 32.8 Å². The number of piperazine rings is 1. The molecule has 8 heteroatoms. The average molecular weight is 362 g/mol. The van der Waals surface area contributed by atoms with E-state index in [9.17, 15) is 8.78 Å². The summed E-state index contributed by atoms with van der Waals surface area (Å²) in [7, 11) is 0. The summed E-state index contributed by atoms with van der Waals surface area (Å²) in [5.41, 5.74) is 0.178. The molecule has 1 atom stereocenters. The molecule has 0 aliphatic carbocycles. The predicted molar refractivity (Wildman–Crippen MR) is 82.9 cm³/mol. The molecular weight excluding hydrogens is 345 g/mol. The third-order valence-corrected chi connectivity index (χ3v) is 4.06. The summed E-state index contributed by atoms with van der Waals surface area (Å²) in [6, 6.07) is 3.35. The summed E-state index contributed by atoms with van der Waals surface area (Å²) in [5, 5.41) is 12.5. The van der Waals surface area contributed by atoms with Gasteiger partial charge in [-0.2, -0.15) is 0 Å². The molecule has 1 heterocycles. The highest BCUT2D eigenvalue weighted by Crippen LogP contribution is 2.42. The number of benzene rings is 1. The zero-order chi connectivity index (χ0) is 14.8. The topological polar surface area (TPSA) is 35.5 Å². The molecule has 0 unspecified atom stereocenters. The van der Waals surface area contributed by atoms with Crippen molar-refractivity contribution >= 4 is 35.6 Å². The monoisotopic (exact) mass is 360 g/mol. The van der Waals surface area contributed by atoms with Gasteiger partial charge in [0.25, 0.3) is 5.92 Å². The average Bonchev–Trinajstić information content (AvgIpc) is 2.43. The van der Waals surface area contributed by atoms with E-state index < -0.39 is 18.6 Å². The second-order valence-corrected chi connectivity index (χ2v) is 5.56. The van der Waals surface area contributed by atoms with Gasteiger partial charge in [-0.1, -0.05) is 29.3 Å². The molecule has 2 rings (SSSR count). The van der Waals surface area contributed by atoms with Crippen LogP contribution in [0.25, 0.3) is 0 Å². The van der Waals surface area contributed by atoms with Crippen LogP contribution >= 0.6 is 35.6 Å². The SMILES string of the molecule is Cl.OCC(F)(F)[C@@H](c1c(Cl)cccc1Cl)N1CCNCC1. The fourth-order valence-electron chi connectivity index (χ4n) is 2.46. The van der Waals surface area contributed by atoms with Gasteiger partial charge >= 0.3 is 0 Å². The lowest BCUT2D eigenvalue weighted by molar-refractivity contribution is -0.118. The summed E-state index contributed by atoms with van der Waals surface area (Å²) >= 11 is 12.1. The van der Waals surface area contributed by atoms with Gasteiger partial charge in [0.05, 0.1) is 0 Å². The number of hydrogen-bond donors (Lipinski definition) is 2. The summed E-state index contributed by atoms with van der Waals surface area (Å²) in [5.74, 6) is -3.31. The Hall–Kier alpha value is -0.170. The fourth-order valence-corrected chi connectivity index (χ4v) is 3.06. The Bertz CT molecular complexity index is 450. The van der Waals surface area contributed by atoms with Crippen molar-refractivity contribution in [3.8, 4) is 0 Å². The van der Waals surface area contributed by atoms with Crippen LogP contribution in [0.15, 0.2) is 18.2 Å². The maximum absolute atomic E-state index is 14.2. The first-order chi connectivity index (χ1) is 9.47. The van der Waals surface area contributed by atoms with Gasteiger partial charge in [0, 0.05) is 41.8 Å². The Morgan fingerprint density at radius 1 is 1.24 bits per heavy atom. The number of halogens is 5. The molecule has 1 fully saturated rings. The van der Waals surface area contributed by atoms with E-state index in [0.717, 1.165) is 0 Å². The number of rotatable bonds is 4. The molecule has 2 N–H and O–H groups in total. The van der Waals surface area contributed by atoms with E-state index in [1.165, 1.54) is 12.1 Å². The van der Waals surface area contributed by atoms with E-state index in [1.54, 1.807) is 11.0 Å². The largest absolute Gasteiger partial charge is 0.390 e. The molecule has 1 aliphatic heterocycles. The smallest absolute Gasteiger partial charge is 0.290 e. The van der Waals surface area contributed by atoms with Crippen LogP contribution < -0.4 is 5.32 Å². The van der Waals surface area contributed by atoms with Crippen LogP contribution in [0.1, 0.15) is 11.6 Å². The van der Waals surface area contributed by atoms with Crippen molar-refractivity contribution < 1.29 is 13.9 Å². The van der Waals surface area contributed by atoms with Crippen molar-refractivity contribution in [1.29, 1.82) is 0 Å². The molecule has 1 aromatic carbocycles. The Kier molecular flexibility index (Phi) is 7.10. The second kappa shape index (κ2) is 7.90. The standard InChI is InChI=1S/C13H16Cl2F2N2O.ClH/c14-9-2-1-3-10(15)11(9)12(13(16,17)8-20)19-6-4-18-5-7-19;/h1-3,12,18,20H,4-8H2;1H/t12-;/m1./s1. The van der Waals surface area contributed by atoms with E-state index in [0.29, 0.717) is 26.2 Å². The Morgan fingerprint density at radius 3 is 2.24 bits per heavy atom. The van der Waals surface area contributed by atoms with Gasteiger partial charge in [0.1, 0.15) is 12.6 Å². The number of hydrogen-bond acceptors (Lipinski definition) is 3. The molecule has 21 heavy (non-hydrogen) atoms. The highest BCUT2D eigenvalue weighted by Gasteiger charge is 2.45. The first-order valence-electron chi connectivity index (χ1n) is 6.34. The van der Waals surface area contributed by atoms with Crippen LogP contribution in [0.3, 0.4) is 0 Å². The minimum atomic E-state index is -3.31. The van der Waals surface area contributed by atoms with Crippen molar-refractivity contribution in [2.24, 2.45) is 0 Å². The predicted octanol–water partition coefficient (Wildman–Crippen LogP) is 2.99. The lowest BCUT2D eigenvalue weighted by atomic mass is 9.98. The molecule has 0 radical (unpaired) electrons. The summed E-state index contributed by atoms with van der Waals surface area (Å²) in [6.45, 7) is 0.868. The molecule has 1 aromatic rings. The minimum Gasteiger partial charge on any atom is -0.390 e. The van der Waals surface area contributed by atoms with E-state index >= 15 is 0 Å². The highest BCUT2D eigenvalue weighted by atomic mass is 35.5. The van der Waals surface area contributed by atoms with E-state index in [-0.39, 0.29) is 28.0 Å². The minimum absolute atomic E-state index is 0. The van der Waals surface area contributed by atoms with Crippen LogP contribution in [0.5, 0.6) is 0 Å². The highest BCUT2D eigenvalue weighted by molar-refractivity contribution is 6.36. The van der Waals surface area contributed by atoms with Gasteiger partial charge in [0.2, 0.25) is 0 Å². The van der Waals surface area contributed by atoms with Gasteiger partial charge in [-0.05, 0) is 12.1 Å². The number of aliphatic hydroxyl groups is 1. The lowest BCUT2D eigenvalue weighted by Crippen LogP contribution is -2.51.